The van der Waals surface area contributed by atoms with Crippen LogP contribution in [0.5, 0.6) is 0 Å². The van der Waals surface area contributed by atoms with Crippen molar-refractivity contribution in [3.63, 3.8) is 0 Å². The first-order chi connectivity index (χ1) is 11.7. The van der Waals surface area contributed by atoms with E-state index in [0.29, 0.717) is 6.42 Å². The zero-order valence-electron chi connectivity index (χ0n) is 14.6. The van der Waals surface area contributed by atoms with E-state index in [9.17, 15) is 18.0 Å². The number of carbonyl (C=O) groups is 1. The van der Waals surface area contributed by atoms with Crippen LogP contribution in [0.1, 0.15) is 45.6 Å². The van der Waals surface area contributed by atoms with Crippen molar-refractivity contribution in [2.75, 3.05) is 0 Å². The second-order valence-electron chi connectivity index (χ2n) is 7.71. The first kappa shape index (κ1) is 17.8. The van der Waals surface area contributed by atoms with Crippen LogP contribution in [0.4, 0.5) is 18.0 Å². The third-order valence-corrected chi connectivity index (χ3v) is 4.62. The average molecular weight is 353 g/mol. The lowest BCUT2D eigenvalue weighted by molar-refractivity contribution is 0.0166. The van der Waals surface area contributed by atoms with Crippen molar-refractivity contribution in [1.82, 2.24) is 4.90 Å². The van der Waals surface area contributed by atoms with Gasteiger partial charge in [-0.1, -0.05) is 11.6 Å². The van der Waals surface area contributed by atoms with Gasteiger partial charge in [-0.05, 0) is 58.6 Å². The summed E-state index contributed by atoms with van der Waals surface area (Å²) in [5, 5.41) is 0. The highest BCUT2D eigenvalue weighted by Crippen LogP contribution is 2.37. The fourth-order valence-corrected chi connectivity index (χ4v) is 3.61. The molecule has 6 heteroatoms. The number of hydrogen-bond acceptors (Lipinski definition) is 2. The summed E-state index contributed by atoms with van der Waals surface area (Å²) in [7, 11) is 0. The number of hydrogen-bond donors (Lipinski definition) is 0. The van der Waals surface area contributed by atoms with Gasteiger partial charge >= 0.3 is 6.09 Å². The molecule has 136 valence electrons. The maximum Gasteiger partial charge on any atom is 0.411 e. The Kier molecular flexibility index (Phi) is 4.56. The van der Waals surface area contributed by atoms with Crippen LogP contribution in [-0.2, 0) is 11.2 Å². The molecule has 2 aliphatic heterocycles. The Morgan fingerprint density at radius 2 is 1.88 bits per heavy atom. The van der Waals surface area contributed by atoms with Crippen LogP contribution in [0.25, 0.3) is 0 Å². The lowest BCUT2D eigenvalue weighted by atomic mass is 9.94. The second-order valence-corrected chi connectivity index (χ2v) is 7.71. The average Bonchev–Trinajstić information content (AvgIpc) is 2.77. The summed E-state index contributed by atoms with van der Waals surface area (Å²) >= 11 is 0. The summed E-state index contributed by atoms with van der Waals surface area (Å²) in [5.74, 6) is -2.93. The van der Waals surface area contributed by atoms with Crippen LogP contribution < -0.4 is 0 Å². The van der Waals surface area contributed by atoms with Crippen molar-refractivity contribution in [3.8, 4) is 0 Å². The third-order valence-electron chi connectivity index (χ3n) is 4.62. The number of rotatable bonds is 2. The van der Waals surface area contributed by atoms with E-state index in [1.807, 2.05) is 26.8 Å². The molecule has 1 fully saturated rings. The van der Waals surface area contributed by atoms with E-state index in [1.165, 1.54) is 0 Å². The summed E-state index contributed by atoms with van der Waals surface area (Å²) in [4.78, 5) is 14.1. The number of amides is 1. The van der Waals surface area contributed by atoms with Crippen LogP contribution in [0.15, 0.2) is 23.8 Å². The van der Waals surface area contributed by atoms with Crippen LogP contribution >= 0.6 is 0 Å². The molecule has 1 amide bonds. The number of halogens is 3. The van der Waals surface area contributed by atoms with Crippen LogP contribution in [0.2, 0.25) is 0 Å². The van der Waals surface area contributed by atoms with E-state index in [2.05, 4.69) is 0 Å². The number of carbonyl (C=O) groups excluding carboxylic acids is 1. The van der Waals surface area contributed by atoms with Gasteiger partial charge in [0.05, 0.1) is 6.04 Å². The second kappa shape index (κ2) is 6.39. The molecule has 0 N–H and O–H groups in total. The normalized spacial score (nSPS) is 22.8. The Balaban J connectivity index is 1.79. The van der Waals surface area contributed by atoms with Crippen molar-refractivity contribution in [2.24, 2.45) is 0 Å². The molecule has 1 saturated heterocycles. The maximum atomic E-state index is 13.9. The molecular weight excluding hydrogens is 331 g/mol. The minimum absolute atomic E-state index is 0.0184. The van der Waals surface area contributed by atoms with Gasteiger partial charge in [-0.25, -0.2) is 18.0 Å². The van der Waals surface area contributed by atoms with Gasteiger partial charge in [-0.3, -0.25) is 4.90 Å². The molecule has 2 aliphatic rings. The Hall–Kier alpha value is -1.98. The fraction of sp³-hybridized carbons (Fsp3) is 0.526. The first-order valence-electron chi connectivity index (χ1n) is 8.49. The third kappa shape index (κ3) is 3.67. The Labute approximate surface area is 145 Å². The fourth-order valence-electron chi connectivity index (χ4n) is 3.61. The molecule has 0 aromatic heterocycles. The van der Waals surface area contributed by atoms with Crippen molar-refractivity contribution >= 4 is 6.09 Å². The number of nitrogens with zero attached hydrogens (tertiary/aromatic N) is 1. The number of ether oxygens (including phenoxy) is 1. The monoisotopic (exact) mass is 353 g/mol. The predicted molar refractivity (Wildman–Crippen MR) is 87.6 cm³/mol. The molecule has 1 aromatic carbocycles. The topological polar surface area (TPSA) is 29.5 Å². The first-order valence-corrected chi connectivity index (χ1v) is 8.49. The highest BCUT2D eigenvalue weighted by molar-refractivity contribution is 5.70. The Bertz CT molecular complexity index is 724. The minimum Gasteiger partial charge on any atom is -0.444 e. The van der Waals surface area contributed by atoms with Gasteiger partial charge in [0.1, 0.15) is 11.4 Å². The highest BCUT2D eigenvalue weighted by Gasteiger charge is 2.41. The summed E-state index contributed by atoms with van der Waals surface area (Å²) in [5.41, 5.74) is 0.000935. The van der Waals surface area contributed by atoms with Crippen molar-refractivity contribution in [2.45, 2.75) is 64.1 Å². The summed E-state index contributed by atoms with van der Waals surface area (Å²) in [6.45, 7) is 5.44. The largest absolute Gasteiger partial charge is 0.444 e. The van der Waals surface area contributed by atoms with Gasteiger partial charge in [-0.15, -0.1) is 0 Å². The standard InChI is InChI=1S/C19H22F3NO2/c1-19(2,3)25-18(24)23-12-4-5-13(23)9-11(8-12)10-14-15(20)6-7-16(21)17(14)22/h6-8,12-13H,4-5,9-10H2,1-3H3. The molecule has 3 nitrogen and oxygen atoms in total. The van der Waals surface area contributed by atoms with Gasteiger partial charge in [0, 0.05) is 11.6 Å². The van der Waals surface area contributed by atoms with Crippen LogP contribution in [0, 0.1) is 17.5 Å². The molecule has 0 saturated carbocycles. The molecule has 2 heterocycles. The van der Waals surface area contributed by atoms with Gasteiger partial charge in [0.2, 0.25) is 0 Å². The van der Waals surface area contributed by atoms with Gasteiger partial charge in [0.25, 0.3) is 0 Å². The quantitative estimate of drug-likeness (QED) is 0.567. The number of benzene rings is 1. The molecule has 0 radical (unpaired) electrons. The van der Waals surface area contributed by atoms with E-state index < -0.39 is 23.1 Å². The van der Waals surface area contributed by atoms with Crippen LogP contribution in [0.3, 0.4) is 0 Å². The smallest absolute Gasteiger partial charge is 0.411 e. The summed E-state index contributed by atoms with van der Waals surface area (Å²) in [6.07, 6.45) is 3.66. The molecule has 2 atom stereocenters. The van der Waals surface area contributed by atoms with E-state index >= 15 is 0 Å². The Morgan fingerprint density at radius 1 is 1.20 bits per heavy atom. The van der Waals surface area contributed by atoms with Gasteiger partial charge < -0.3 is 4.74 Å². The predicted octanol–water partition coefficient (Wildman–Crippen LogP) is 4.74. The summed E-state index contributed by atoms with van der Waals surface area (Å²) in [6, 6.07) is 1.55. The number of fused-ring (bicyclic) bond motifs is 2. The van der Waals surface area contributed by atoms with Crippen molar-refractivity contribution in [3.05, 3.63) is 46.8 Å². The molecule has 2 bridgehead atoms. The summed E-state index contributed by atoms with van der Waals surface area (Å²) < 4.78 is 46.6. The Morgan fingerprint density at radius 3 is 2.52 bits per heavy atom. The molecule has 0 spiro atoms. The zero-order chi connectivity index (χ0) is 18.4. The van der Waals surface area contributed by atoms with E-state index in [4.69, 9.17) is 4.74 Å². The van der Waals surface area contributed by atoms with Crippen LogP contribution in [-0.4, -0.2) is 28.7 Å². The molecule has 3 rings (SSSR count). The minimum atomic E-state index is -1.14. The molecular formula is C19H22F3NO2. The highest BCUT2D eigenvalue weighted by atomic mass is 19.2. The van der Waals surface area contributed by atoms with Gasteiger partial charge in [0.15, 0.2) is 11.6 Å². The van der Waals surface area contributed by atoms with Crippen molar-refractivity contribution in [1.29, 1.82) is 0 Å². The lowest BCUT2D eigenvalue weighted by Gasteiger charge is -2.35. The molecule has 25 heavy (non-hydrogen) atoms. The molecule has 1 aromatic rings. The molecule has 0 aliphatic carbocycles. The van der Waals surface area contributed by atoms with E-state index in [-0.39, 0.29) is 30.2 Å². The lowest BCUT2D eigenvalue weighted by Crippen LogP contribution is -2.45. The van der Waals surface area contributed by atoms with Gasteiger partial charge in [-0.2, -0.15) is 0 Å². The SMILES string of the molecule is CC(C)(C)OC(=O)N1C2C=C(Cc3c(F)ccc(F)c3F)CC1CC2. The maximum absolute atomic E-state index is 13.9. The zero-order valence-corrected chi connectivity index (χ0v) is 14.6. The van der Waals surface area contributed by atoms with Crippen molar-refractivity contribution < 1.29 is 22.7 Å². The van der Waals surface area contributed by atoms with E-state index in [0.717, 1.165) is 30.5 Å². The molecule has 2 unspecified atom stereocenters. The van der Waals surface area contributed by atoms with E-state index in [1.54, 1.807) is 4.90 Å².